The molecule has 0 bridgehead atoms. The molecule has 1 N–H and O–H groups in total. The summed E-state index contributed by atoms with van der Waals surface area (Å²) in [6, 6.07) is 20.2. The number of nitrogens with one attached hydrogen (secondary N) is 1. The molecule has 0 aliphatic rings. The predicted octanol–water partition coefficient (Wildman–Crippen LogP) is 3.60. The zero-order chi connectivity index (χ0) is 15.4. The lowest BCUT2D eigenvalue weighted by Crippen LogP contribution is -2.12. The molecule has 0 aliphatic carbocycles. The number of amides is 1. The second-order valence-electron chi connectivity index (χ2n) is 4.75. The van der Waals surface area contributed by atoms with Crippen molar-refractivity contribution >= 4 is 11.6 Å². The van der Waals surface area contributed by atoms with Crippen LogP contribution in [0, 0.1) is 11.3 Å². The van der Waals surface area contributed by atoms with Gasteiger partial charge in [0.1, 0.15) is 6.07 Å². The zero-order valence-electron chi connectivity index (χ0n) is 11.7. The van der Waals surface area contributed by atoms with Gasteiger partial charge in [0.15, 0.2) is 0 Å². The van der Waals surface area contributed by atoms with Crippen molar-refractivity contribution in [1.29, 1.82) is 5.26 Å². The number of para-hydroxylation sites is 1. The Hall–Kier alpha value is -3.32. The van der Waals surface area contributed by atoms with Crippen LogP contribution < -0.4 is 5.32 Å². The standard InChI is InChI=1S/C18H13N3O/c19-13-15-5-1-2-6-17(15)20-18(22)14-7-9-16(10-8-14)21-11-3-4-12-21/h1-12H,(H,20,22). The minimum absolute atomic E-state index is 0.234. The van der Waals surface area contributed by atoms with E-state index >= 15 is 0 Å². The minimum atomic E-state index is -0.234. The monoisotopic (exact) mass is 287 g/mol. The first-order valence-electron chi connectivity index (χ1n) is 6.82. The Kier molecular flexibility index (Phi) is 3.71. The highest BCUT2D eigenvalue weighted by molar-refractivity contribution is 6.05. The molecule has 22 heavy (non-hydrogen) atoms. The molecule has 1 amide bonds. The van der Waals surface area contributed by atoms with E-state index in [1.807, 2.05) is 41.2 Å². The van der Waals surface area contributed by atoms with Gasteiger partial charge >= 0.3 is 0 Å². The van der Waals surface area contributed by atoms with Gasteiger partial charge in [-0.15, -0.1) is 0 Å². The molecule has 4 heteroatoms. The van der Waals surface area contributed by atoms with Crippen LogP contribution in [0.5, 0.6) is 0 Å². The number of hydrogen-bond acceptors (Lipinski definition) is 2. The number of carbonyl (C=O) groups is 1. The van der Waals surface area contributed by atoms with Gasteiger partial charge in [-0.2, -0.15) is 5.26 Å². The molecule has 0 spiro atoms. The van der Waals surface area contributed by atoms with Gasteiger partial charge in [-0.1, -0.05) is 12.1 Å². The fourth-order valence-corrected chi connectivity index (χ4v) is 2.18. The first kappa shape index (κ1) is 13.7. The molecule has 0 radical (unpaired) electrons. The molecule has 0 saturated heterocycles. The van der Waals surface area contributed by atoms with Crippen molar-refractivity contribution in [2.45, 2.75) is 0 Å². The van der Waals surface area contributed by atoms with E-state index in [-0.39, 0.29) is 5.91 Å². The number of nitrogens with zero attached hydrogens (tertiary/aromatic N) is 2. The normalized spacial score (nSPS) is 9.95. The molecule has 1 heterocycles. The lowest BCUT2D eigenvalue weighted by molar-refractivity contribution is 0.102. The third kappa shape index (κ3) is 2.74. The average molecular weight is 287 g/mol. The second-order valence-corrected chi connectivity index (χ2v) is 4.75. The van der Waals surface area contributed by atoms with Gasteiger partial charge in [-0.25, -0.2) is 0 Å². The number of anilines is 1. The van der Waals surface area contributed by atoms with E-state index in [1.165, 1.54) is 0 Å². The molecule has 4 nitrogen and oxygen atoms in total. The summed E-state index contributed by atoms with van der Waals surface area (Å²) >= 11 is 0. The number of aromatic nitrogens is 1. The lowest BCUT2D eigenvalue weighted by atomic mass is 10.1. The van der Waals surface area contributed by atoms with Crippen molar-refractivity contribution in [3.05, 3.63) is 84.2 Å². The van der Waals surface area contributed by atoms with E-state index in [0.29, 0.717) is 16.8 Å². The van der Waals surface area contributed by atoms with E-state index < -0.39 is 0 Å². The molecule has 2 aromatic carbocycles. The van der Waals surface area contributed by atoms with Crippen molar-refractivity contribution in [2.75, 3.05) is 5.32 Å². The summed E-state index contributed by atoms with van der Waals surface area (Å²) in [6.45, 7) is 0. The minimum Gasteiger partial charge on any atom is -0.324 e. The molecule has 0 aliphatic heterocycles. The van der Waals surface area contributed by atoms with E-state index in [9.17, 15) is 4.79 Å². The van der Waals surface area contributed by atoms with Crippen LogP contribution in [0.4, 0.5) is 5.69 Å². The summed E-state index contributed by atoms with van der Waals surface area (Å²) < 4.78 is 1.96. The number of nitriles is 1. The predicted molar refractivity (Wildman–Crippen MR) is 84.9 cm³/mol. The highest BCUT2D eigenvalue weighted by Gasteiger charge is 2.08. The summed E-state index contributed by atoms with van der Waals surface area (Å²) in [4.78, 5) is 12.3. The highest BCUT2D eigenvalue weighted by atomic mass is 16.1. The Morgan fingerprint density at radius 2 is 1.64 bits per heavy atom. The molecule has 0 atom stereocenters. The van der Waals surface area contributed by atoms with Crippen LogP contribution in [0.25, 0.3) is 5.69 Å². The quantitative estimate of drug-likeness (QED) is 0.800. The zero-order valence-corrected chi connectivity index (χ0v) is 11.7. The van der Waals surface area contributed by atoms with E-state index in [2.05, 4.69) is 11.4 Å². The Labute approximate surface area is 128 Å². The Balaban J connectivity index is 1.80. The van der Waals surface area contributed by atoms with Crippen molar-refractivity contribution in [3.63, 3.8) is 0 Å². The maximum absolute atomic E-state index is 12.3. The van der Waals surface area contributed by atoms with Gasteiger partial charge in [0.2, 0.25) is 0 Å². The molecule has 106 valence electrons. The second kappa shape index (κ2) is 5.98. The topological polar surface area (TPSA) is 57.8 Å². The Bertz CT molecular complexity index is 828. The van der Waals surface area contributed by atoms with Gasteiger partial charge in [-0.05, 0) is 48.5 Å². The molecule has 1 aromatic heterocycles. The summed E-state index contributed by atoms with van der Waals surface area (Å²) in [5, 5.41) is 11.8. The van der Waals surface area contributed by atoms with E-state index in [4.69, 9.17) is 5.26 Å². The van der Waals surface area contributed by atoms with Crippen LogP contribution in [0.3, 0.4) is 0 Å². The van der Waals surface area contributed by atoms with Crippen LogP contribution >= 0.6 is 0 Å². The smallest absolute Gasteiger partial charge is 0.255 e. The van der Waals surface area contributed by atoms with Crippen molar-refractivity contribution in [2.24, 2.45) is 0 Å². The highest BCUT2D eigenvalue weighted by Crippen LogP contribution is 2.16. The van der Waals surface area contributed by atoms with Crippen LogP contribution in [-0.2, 0) is 0 Å². The summed E-state index contributed by atoms with van der Waals surface area (Å²) in [5.74, 6) is -0.234. The lowest BCUT2D eigenvalue weighted by Gasteiger charge is -2.08. The first-order valence-corrected chi connectivity index (χ1v) is 6.82. The van der Waals surface area contributed by atoms with Crippen LogP contribution in [0.15, 0.2) is 73.1 Å². The third-order valence-electron chi connectivity index (χ3n) is 3.33. The maximum atomic E-state index is 12.3. The van der Waals surface area contributed by atoms with Crippen LogP contribution in [0.1, 0.15) is 15.9 Å². The van der Waals surface area contributed by atoms with E-state index in [0.717, 1.165) is 5.69 Å². The van der Waals surface area contributed by atoms with Crippen LogP contribution in [-0.4, -0.2) is 10.5 Å². The average Bonchev–Trinajstić information content (AvgIpc) is 3.10. The third-order valence-corrected chi connectivity index (χ3v) is 3.33. The largest absolute Gasteiger partial charge is 0.324 e. The Morgan fingerprint density at radius 3 is 2.32 bits per heavy atom. The molecule has 3 rings (SSSR count). The van der Waals surface area contributed by atoms with Crippen LogP contribution in [0.2, 0.25) is 0 Å². The van der Waals surface area contributed by atoms with Crippen molar-refractivity contribution < 1.29 is 4.79 Å². The van der Waals surface area contributed by atoms with Gasteiger partial charge in [0, 0.05) is 23.6 Å². The van der Waals surface area contributed by atoms with Gasteiger partial charge in [-0.3, -0.25) is 4.79 Å². The molecule has 0 unspecified atom stereocenters. The maximum Gasteiger partial charge on any atom is 0.255 e. The number of hydrogen-bond donors (Lipinski definition) is 1. The molecule has 3 aromatic rings. The molecular formula is C18H13N3O. The summed E-state index contributed by atoms with van der Waals surface area (Å²) in [6.07, 6.45) is 3.89. The molecular weight excluding hydrogens is 274 g/mol. The summed E-state index contributed by atoms with van der Waals surface area (Å²) in [5.41, 5.74) is 2.49. The van der Waals surface area contributed by atoms with Crippen molar-refractivity contribution in [1.82, 2.24) is 4.57 Å². The van der Waals surface area contributed by atoms with Gasteiger partial charge in [0.25, 0.3) is 5.91 Å². The molecule has 0 fully saturated rings. The van der Waals surface area contributed by atoms with Crippen molar-refractivity contribution in [3.8, 4) is 11.8 Å². The number of benzene rings is 2. The SMILES string of the molecule is N#Cc1ccccc1NC(=O)c1ccc(-n2cccc2)cc1. The summed E-state index contributed by atoms with van der Waals surface area (Å²) in [7, 11) is 0. The fourth-order valence-electron chi connectivity index (χ4n) is 2.18. The van der Waals surface area contributed by atoms with Gasteiger partial charge in [0.05, 0.1) is 11.3 Å². The van der Waals surface area contributed by atoms with E-state index in [1.54, 1.807) is 36.4 Å². The number of carbonyl (C=O) groups excluding carboxylic acids is 1. The number of rotatable bonds is 3. The van der Waals surface area contributed by atoms with Gasteiger partial charge < -0.3 is 9.88 Å². The fraction of sp³-hybridized carbons (Fsp3) is 0. The molecule has 0 saturated carbocycles. The first-order chi connectivity index (χ1) is 10.8. The Morgan fingerprint density at radius 1 is 0.955 bits per heavy atom.